The van der Waals surface area contributed by atoms with Gasteiger partial charge in [-0.15, -0.1) is 0 Å². The molecule has 1 unspecified atom stereocenters. The third-order valence-corrected chi connectivity index (χ3v) is 3.75. The van der Waals surface area contributed by atoms with Gasteiger partial charge in [0.15, 0.2) is 0 Å². The molecule has 2 nitrogen and oxygen atoms in total. The quantitative estimate of drug-likeness (QED) is 0.570. The van der Waals surface area contributed by atoms with Crippen LogP contribution in [0, 0.1) is 22.7 Å². The molecule has 0 amide bonds. The van der Waals surface area contributed by atoms with Crippen LogP contribution in [0.15, 0.2) is 0 Å². The number of nitriles is 1. The van der Waals surface area contributed by atoms with Crippen molar-refractivity contribution in [2.24, 2.45) is 11.3 Å². The molecule has 2 saturated carbocycles. The van der Waals surface area contributed by atoms with Crippen molar-refractivity contribution in [2.75, 3.05) is 0 Å². The van der Waals surface area contributed by atoms with E-state index in [0.29, 0.717) is 11.8 Å². The molecule has 2 fully saturated rings. The molecule has 0 aromatic heterocycles. The number of carbonyl (C=O) groups is 1. The van der Waals surface area contributed by atoms with Crippen LogP contribution in [0.2, 0.25) is 0 Å². The average Bonchev–Trinajstić information content (AvgIpc) is 2.59. The Morgan fingerprint density at radius 1 is 1.31 bits per heavy atom. The average molecular weight is 177 g/mol. The molecule has 0 saturated heterocycles. The van der Waals surface area contributed by atoms with Crippen LogP contribution < -0.4 is 0 Å². The van der Waals surface area contributed by atoms with Crippen molar-refractivity contribution < 1.29 is 4.79 Å². The first kappa shape index (κ1) is 8.74. The number of carbonyl (C=O) groups excluding carboxylic acids is 1. The molecule has 13 heavy (non-hydrogen) atoms. The summed E-state index contributed by atoms with van der Waals surface area (Å²) in [6, 6.07) is 2.16. The predicted octanol–water partition coefficient (Wildman–Crippen LogP) is 2.44. The normalized spacial score (nSPS) is 31.9. The van der Waals surface area contributed by atoms with E-state index in [0.717, 1.165) is 12.8 Å². The van der Waals surface area contributed by atoms with Gasteiger partial charge < -0.3 is 0 Å². The SMILES string of the molecule is N#CC1CC2(CCCC2)CCC1=O. The summed E-state index contributed by atoms with van der Waals surface area (Å²) in [6.45, 7) is 0. The van der Waals surface area contributed by atoms with E-state index in [9.17, 15) is 4.79 Å². The van der Waals surface area contributed by atoms with E-state index in [-0.39, 0.29) is 11.7 Å². The highest BCUT2D eigenvalue weighted by atomic mass is 16.1. The maximum absolute atomic E-state index is 11.3. The van der Waals surface area contributed by atoms with Gasteiger partial charge in [-0.25, -0.2) is 0 Å². The Morgan fingerprint density at radius 2 is 2.00 bits per heavy atom. The molecule has 0 heterocycles. The number of hydrogen-bond acceptors (Lipinski definition) is 2. The lowest BCUT2D eigenvalue weighted by Crippen LogP contribution is -2.31. The van der Waals surface area contributed by atoms with Crippen LogP contribution in [-0.4, -0.2) is 5.78 Å². The Morgan fingerprint density at radius 3 is 2.62 bits per heavy atom. The summed E-state index contributed by atoms with van der Waals surface area (Å²) in [5.41, 5.74) is 0.383. The van der Waals surface area contributed by atoms with Crippen LogP contribution >= 0.6 is 0 Å². The molecule has 0 N–H and O–H groups in total. The highest BCUT2D eigenvalue weighted by Crippen LogP contribution is 2.49. The van der Waals surface area contributed by atoms with Crippen molar-refractivity contribution in [1.29, 1.82) is 5.26 Å². The monoisotopic (exact) mass is 177 g/mol. The molecule has 0 aromatic carbocycles. The van der Waals surface area contributed by atoms with Crippen LogP contribution in [0.4, 0.5) is 0 Å². The van der Waals surface area contributed by atoms with Crippen molar-refractivity contribution in [3.05, 3.63) is 0 Å². The van der Waals surface area contributed by atoms with E-state index in [1.165, 1.54) is 25.7 Å². The number of hydrogen-bond donors (Lipinski definition) is 0. The van der Waals surface area contributed by atoms with Crippen molar-refractivity contribution in [1.82, 2.24) is 0 Å². The van der Waals surface area contributed by atoms with Crippen LogP contribution in [0.25, 0.3) is 0 Å². The summed E-state index contributed by atoms with van der Waals surface area (Å²) in [7, 11) is 0. The van der Waals surface area contributed by atoms with Gasteiger partial charge in [0.25, 0.3) is 0 Å². The minimum absolute atomic E-state index is 0.181. The van der Waals surface area contributed by atoms with E-state index in [1.54, 1.807) is 0 Å². The van der Waals surface area contributed by atoms with Crippen LogP contribution in [0.5, 0.6) is 0 Å². The summed E-state index contributed by atoms with van der Waals surface area (Å²) in [5.74, 6) is -0.105. The summed E-state index contributed by atoms with van der Waals surface area (Å²) in [5, 5.41) is 8.83. The van der Waals surface area contributed by atoms with Crippen molar-refractivity contribution in [3.8, 4) is 6.07 Å². The first-order valence-corrected chi connectivity index (χ1v) is 5.18. The zero-order valence-electron chi connectivity index (χ0n) is 7.88. The van der Waals surface area contributed by atoms with Gasteiger partial charge in [0.2, 0.25) is 0 Å². The Balaban J connectivity index is 2.10. The molecule has 2 aliphatic carbocycles. The van der Waals surface area contributed by atoms with Gasteiger partial charge in [0, 0.05) is 6.42 Å². The summed E-state index contributed by atoms with van der Waals surface area (Å²) < 4.78 is 0. The van der Waals surface area contributed by atoms with Gasteiger partial charge in [-0.3, -0.25) is 4.79 Å². The zero-order valence-corrected chi connectivity index (χ0v) is 7.88. The van der Waals surface area contributed by atoms with Gasteiger partial charge in [-0.05, 0) is 31.1 Å². The fourth-order valence-corrected chi connectivity index (χ4v) is 2.91. The predicted molar refractivity (Wildman–Crippen MR) is 48.9 cm³/mol. The molecule has 0 bridgehead atoms. The molecule has 1 spiro atoms. The van der Waals surface area contributed by atoms with Gasteiger partial charge in [0.1, 0.15) is 11.7 Å². The molecule has 0 aliphatic heterocycles. The fourth-order valence-electron chi connectivity index (χ4n) is 2.91. The van der Waals surface area contributed by atoms with E-state index in [4.69, 9.17) is 5.26 Å². The minimum Gasteiger partial charge on any atom is -0.298 e. The molecule has 1 atom stereocenters. The molecule has 70 valence electrons. The third kappa shape index (κ3) is 1.48. The second-order valence-corrected chi connectivity index (χ2v) is 4.56. The second-order valence-electron chi connectivity index (χ2n) is 4.56. The summed E-state index contributed by atoms with van der Waals surface area (Å²) in [6.07, 6.45) is 7.64. The third-order valence-electron chi connectivity index (χ3n) is 3.75. The van der Waals surface area contributed by atoms with E-state index in [2.05, 4.69) is 6.07 Å². The highest BCUT2D eigenvalue weighted by Gasteiger charge is 2.41. The largest absolute Gasteiger partial charge is 0.298 e. The number of nitrogens with zero attached hydrogens (tertiary/aromatic N) is 1. The lowest BCUT2D eigenvalue weighted by Gasteiger charge is -2.34. The molecular formula is C11H15NO. The Bertz CT molecular complexity index is 258. The number of ketones is 1. The fraction of sp³-hybridized carbons (Fsp3) is 0.818. The summed E-state index contributed by atoms with van der Waals surface area (Å²) >= 11 is 0. The van der Waals surface area contributed by atoms with E-state index < -0.39 is 0 Å². The standard InChI is InChI=1S/C11H15NO/c12-8-9-7-11(4-1-2-5-11)6-3-10(9)13/h9H,1-7H2. The number of Topliss-reactive ketones (excluding diaryl/α,β-unsaturated/α-hetero) is 1. The van der Waals surface area contributed by atoms with Crippen LogP contribution in [-0.2, 0) is 4.79 Å². The topological polar surface area (TPSA) is 40.9 Å². The number of rotatable bonds is 0. The molecule has 2 aliphatic rings. The van der Waals surface area contributed by atoms with E-state index >= 15 is 0 Å². The molecule has 0 aromatic rings. The molecule has 0 radical (unpaired) electrons. The first-order chi connectivity index (χ1) is 6.26. The first-order valence-electron chi connectivity index (χ1n) is 5.18. The molecular weight excluding hydrogens is 162 g/mol. The maximum Gasteiger partial charge on any atom is 0.150 e. The minimum atomic E-state index is -0.285. The van der Waals surface area contributed by atoms with Crippen LogP contribution in [0.3, 0.4) is 0 Å². The highest BCUT2D eigenvalue weighted by molar-refractivity contribution is 5.84. The van der Waals surface area contributed by atoms with Gasteiger partial charge in [0.05, 0.1) is 6.07 Å². The van der Waals surface area contributed by atoms with Crippen LogP contribution in [0.1, 0.15) is 44.9 Å². The lowest BCUT2D eigenvalue weighted by molar-refractivity contribution is -0.125. The second kappa shape index (κ2) is 3.14. The van der Waals surface area contributed by atoms with Crippen molar-refractivity contribution in [2.45, 2.75) is 44.9 Å². The smallest absolute Gasteiger partial charge is 0.150 e. The Kier molecular flexibility index (Phi) is 2.11. The molecule has 2 rings (SSSR count). The van der Waals surface area contributed by atoms with E-state index in [1.807, 2.05) is 0 Å². The van der Waals surface area contributed by atoms with Gasteiger partial charge in [-0.1, -0.05) is 12.8 Å². The van der Waals surface area contributed by atoms with Crippen molar-refractivity contribution >= 4 is 5.78 Å². The maximum atomic E-state index is 11.3. The van der Waals surface area contributed by atoms with Gasteiger partial charge in [-0.2, -0.15) is 5.26 Å². The summed E-state index contributed by atoms with van der Waals surface area (Å²) in [4.78, 5) is 11.3. The van der Waals surface area contributed by atoms with Crippen molar-refractivity contribution in [3.63, 3.8) is 0 Å². The zero-order chi connectivity index (χ0) is 9.31. The lowest BCUT2D eigenvalue weighted by atomic mass is 9.68. The Labute approximate surface area is 78.9 Å². The molecule has 2 heteroatoms. The Hall–Kier alpha value is -0.840. The van der Waals surface area contributed by atoms with Gasteiger partial charge >= 0.3 is 0 Å².